The molecule has 3 amide bonds. The van der Waals surface area contributed by atoms with E-state index in [2.05, 4.69) is 15.5 Å². The van der Waals surface area contributed by atoms with Gasteiger partial charge >= 0.3 is 6.03 Å². The fourth-order valence-electron chi connectivity index (χ4n) is 4.28. The zero-order valence-corrected chi connectivity index (χ0v) is 19.7. The van der Waals surface area contributed by atoms with Crippen LogP contribution >= 0.6 is 0 Å². The van der Waals surface area contributed by atoms with Crippen LogP contribution in [-0.2, 0) is 4.79 Å². The molecule has 0 spiro atoms. The number of carbonyl (C=O) groups is 2. The molecular formula is C26H34F2N4O2. The number of benzene rings is 2. The molecule has 1 saturated heterocycles. The molecule has 2 N–H and O–H groups in total. The van der Waals surface area contributed by atoms with Gasteiger partial charge in [0.15, 0.2) is 0 Å². The van der Waals surface area contributed by atoms with Crippen LogP contribution in [0.5, 0.6) is 0 Å². The van der Waals surface area contributed by atoms with Gasteiger partial charge in [-0.05, 0) is 48.2 Å². The Balaban J connectivity index is 1.48. The number of hydrogen-bond acceptors (Lipinski definition) is 3. The van der Waals surface area contributed by atoms with Gasteiger partial charge in [-0.15, -0.1) is 0 Å². The largest absolute Gasteiger partial charge is 0.359 e. The van der Waals surface area contributed by atoms with Gasteiger partial charge in [0.2, 0.25) is 5.91 Å². The van der Waals surface area contributed by atoms with Crippen molar-refractivity contribution in [1.82, 2.24) is 20.4 Å². The van der Waals surface area contributed by atoms with Crippen molar-refractivity contribution in [3.8, 4) is 0 Å². The van der Waals surface area contributed by atoms with Crippen LogP contribution in [0.25, 0.3) is 0 Å². The van der Waals surface area contributed by atoms with Crippen LogP contribution in [-0.4, -0.2) is 61.5 Å². The van der Waals surface area contributed by atoms with Crippen LogP contribution in [0.3, 0.4) is 0 Å². The third-order valence-electron chi connectivity index (χ3n) is 6.22. The Kier molecular flexibility index (Phi) is 9.82. The molecule has 1 fully saturated rings. The van der Waals surface area contributed by atoms with Crippen molar-refractivity contribution < 1.29 is 18.4 Å². The Morgan fingerprint density at radius 2 is 1.35 bits per heavy atom. The average molecular weight is 473 g/mol. The molecular weight excluding hydrogens is 438 g/mol. The fourth-order valence-corrected chi connectivity index (χ4v) is 4.28. The second-order valence-corrected chi connectivity index (χ2v) is 8.60. The first-order valence-corrected chi connectivity index (χ1v) is 12.0. The predicted molar refractivity (Wildman–Crippen MR) is 128 cm³/mol. The fraction of sp³-hybridized carbons (Fsp3) is 0.462. The highest BCUT2D eigenvalue weighted by Crippen LogP contribution is 2.30. The van der Waals surface area contributed by atoms with Crippen LogP contribution in [0.2, 0.25) is 0 Å². The van der Waals surface area contributed by atoms with Gasteiger partial charge < -0.3 is 15.5 Å². The average Bonchev–Trinajstić information content (AvgIpc) is 2.86. The zero-order valence-electron chi connectivity index (χ0n) is 19.7. The summed E-state index contributed by atoms with van der Waals surface area (Å²) in [5.74, 6) is -0.530. The van der Waals surface area contributed by atoms with E-state index in [0.29, 0.717) is 39.1 Å². The van der Waals surface area contributed by atoms with E-state index in [4.69, 9.17) is 0 Å². The number of unbranched alkanes of at least 4 members (excludes halogenated alkanes) is 3. The van der Waals surface area contributed by atoms with Gasteiger partial charge in [-0.3, -0.25) is 9.69 Å². The molecule has 184 valence electrons. The molecule has 6 nitrogen and oxygen atoms in total. The molecule has 0 bridgehead atoms. The van der Waals surface area contributed by atoms with Gasteiger partial charge in [0, 0.05) is 46.2 Å². The lowest BCUT2D eigenvalue weighted by atomic mass is 9.96. The van der Waals surface area contributed by atoms with Crippen LogP contribution in [0.1, 0.15) is 49.3 Å². The SMILES string of the molecule is CNC(=O)CCCCCCNC(=O)N1CCN(C(c2ccc(F)cc2)c2ccc(F)cc2)CC1. The highest BCUT2D eigenvalue weighted by Gasteiger charge is 2.28. The van der Waals surface area contributed by atoms with E-state index in [1.165, 1.54) is 24.3 Å². The second-order valence-electron chi connectivity index (χ2n) is 8.60. The molecule has 0 radical (unpaired) electrons. The minimum atomic E-state index is -0.297. The van der Waals surface area contributed by atoms with Gasteiger partial charge in [-0.2, -0.15) is 0 Å². The number of halogens is 2. The first-order chi connectivity index (χ1) is 16.5. The maximum absolute atomic E-state index is 13.5. The monoisotopic (exact) mass is 472 g/mol. The van der Waals surface area contributed by atoms with E-state index < -0.39 is 0 Å². The van der Waals surface area contributed by atoms with Crippen molar-refractivity contribution >= 4 is 11.9 Å². The number of hydrogen-bond donors (Lipinski definition) is 2. The number of carbonyl (C=O) groups excluding carboxylic acids is 2. The number of piperazine rings is 1. The predicted octanol–water partition coefficient (Wildman–Crippen LogP) is 4.08. The van der Waals surface area contributed by atoms with Gasteiger partial charge in [-0.25, -0.2) is 13.6 Å². The smallest absolute Gasteiger partial charge is 0.317 e. The third kappa shape index (κ3) is 7.52. The molecule has 0 unspecified atom stereocenters. The maximum Gasteiger partial charge on any atom is 0.317 e. The van der Waals surface area contributed by atoms with Gasteiger partial charge in [0.1, 0.15) is 11.6 Å². The van der Waals surface area contributed by atoms with E-state index in [0.717, 1.165) is 36.8 Å². The summed E-state index contributed by atoms with van der Waals surface area (Å²) in [6, 6.07) is 12.6. The van der Waals surface area contributed by atoms with E-state index >= 15 is 0 Å². The Labute approximate surface area is 200 Å². The quantitative estimate of drug-likeness (QED) is 0.512. The standard InChI is InChI=1S/C26H34F2N4O2/c1-29-24(33)6-4-2-3-5-15-30-26(34)32-18-16-31(17-19-32)25(20-7-11-22(27)12-8-20)21-9-13-23(28)14-10-21/h7-14,25H,2-6,15-19H2,1H3,(H,29,33)(H,30,34). The molecule has 0 aliphatic carbocycles. The summed E-state index contributed by atoms with van der Waals surface area (Å²) in [7, 11) is 1.64. The van der Waals surface area contributed by atoms with Crippen molar-refractivity contribution in [3.63, 3.8) is 0 Å². The number of rotatable bonds is 10. The number of nitrogens with zero attached hydrogens (tertiary/aromatic N) is 2. The van der Waals surface area contributed by atoms with Gasteiger partial charge in [0.25, 0.3) is 0 Å². The lowest BCUT2D eigenvalue weighted by molar-refractivity contribution is -0.120. The van der Waals surface area contributed by atoms with E-state index in [-0.39, 0.29) is 29.6 Å². The summed E-state index contributed by atoms with van der Waals surface area (Å²) >= 11 is 0. The van der Waals surface area contributed by atoms with Crippen LogP contribution in [0, 0.1) is 11.6 Å². The van der Waals surface area contributed by atoms with E-state index in [9.17, 15) is 18.4 Å². The summed E-state index contributed by atoms with van der Waals surface area (Å²) in [5, 5.41) is 5.61. The van der Waals surface area contributed by atoms with Gasteiger partial charge in [-0.1, -0.05) is 37.1 Å². The first kappa shape index (κ1) is 25.6. The van der Waals surface area contributed by atoms with Crippen molar-refractivity contribution in [3.05, 3.63) is 71.3 Å². The summed E-state index contributed by atoms with van der Waals surface area (Å²) < 4.78 is 27.0. The molecule has 1 heterocycles. The molecule has 8 heteroatoms. The van der Waals surface area contributed by atoms with E-state index in [1.54, 1.807) is 31.3 Å². The molecule has 2 aromatic carbocycles. The molecule has 1 aliphatic rings. The number of urea groups is 1. The van der Waals surface area contributed by atoms with Crippen LogP contribution in [0.4, 0.5) is 13.6 Å². The Morgan fingerprint density at radius 3 is 1.88 bits per heavy atom. The van der Waals surface area contributed by atoms with Crippen LogP contribution in [0.15, 0.2) is 48.5 Å². The maximum atomic E-state index is 13.5. The molecule has 0 aromatic heterocycles. The topological polar surface area (TPSA) is 64.7 Å². The summed E-state index contributed by atoms with van der Waals surface area (Å²) in [6.45, 7) is 3.10. The van der Waals surface area contributed by atoms with Crippen molar-refractivity contribution in [1.29, 1.82) is 0 Å². The number of amides is 3. The number of nitrogens with one attached hydrogen (secondary N) is 2. The Bertz CT molecular complexity index is 868. The summed E-state index contributed by atoms with van der Waals surface area (Å²) in [5.41, 5.74) is 1.87. The molecule has 34 heavy (non-hydrogen) atoms. The molecule has 0 saturated carbocycles. The normalized spacial score (nSPS) is 14.3. The molecule has 2 aromatic rings. The van der Waals surface area contributed by atoms with Crippen molar-refractivity contribution in [2.75, 3.05) is 39.8 Å². The highest BCUT2D eigenvalue weighted by molar-refractivity contribution is 5.75. The lowest BCUT2D eigenvalue weighted by Crippen LogP contribution is -2.52. The molecule has 0 atom stereocenters. The van der Waals surface area contributed by atoms with Crippen molar-refractivity contribution in [2.24, 2.45) is 0 Å². The van der Waals surface area contributed by atoms with E-state index in [1.807, 2.05) is 4.90 Å². The summed E-state index contributed by atoms with van der Waals surface area (Å²) in [4.78, 5) is 27.8. The lowest BCUT2D eigenvalue weighted by Gasteiger charge is -2.39. The highest BCUT2D eigenvalue weighted by atomic mass is 19.1. The Hall–Kier alpha value is -3.00. The minimum absolute atomic E-state index is 0.0635. The summed E-state index contributed by atoms with van der Waals surface area (Å²) in [6.07, 6.45) is 4.23. The third-order valence-corrected chi connectivity index (χ3v) is 6.22. The van der Waals surface area contributed by atoms with Crippen molar-refractivity contribution in [2.45, 2.75) is 38.1 Å². The van der Waals surface area contributed by atoms with Crippen LogP contribution < -0.4 is 10.6 Å². The zero-order chi connectivity index (χ0) is 24.3. The Morgan fingerprint density at radius 1 is 0.824 bits per heavy atom. The molecule has 1 aliphatic heterocycles. The second kappa shape index (κ2) is 13.0. The molecule has 3 rings (SSSR count). The first-order valence-electron chi connectivity index (χ1n) is 12.0. The minimum Gasteiger partial charge on any atom is -0.359 e. The van der Waals surface area contributed by atoms with Gasteiger partial charge in [0.05, 0.1) is 6.04 Å².